The summed E-state index contributed by atoms with van der Waals surface area (Å²) >= 11 is 0. The Morgan fingerprint density at radius 2 is 2.37 bits per heavy atom. The quantitative estimate of drug-likeness (QED) is 0.624. The van der Waals surface area contributed by atoms with Gasteiger partial charge in [0.1, 0.15) is 5.75 Å². The first-order valence-electron chi connectivity index (χ1n) is 5.31. The van der Waals surface area contributed by atoms with Crippen molar-refractivity contribution in [1.82, 2.24) is 10.2 Å². The first-order valence-corrected chi connectivity index (χ1v) is 5.31. The second kappa shape index (κ2) is 5.63. The minimum Gasteiger partial charge on any atom is -0.484 e. The van der Waals surface area contributed by atoms with Gasteiger partial charge in [-0.3, -0.25) is 20.0 Å². The van der Waals surface area contributed by atoms with Crippen LogP contribution in [-0.2, 0) is 4.79 Å². The number of rotatable bonds is 5. The molecule has 0 aliphatic rings. The van der Waals surface area contributed by atoms with Crippen molar-refractivity contribution in [1.29, 1.82) is 0 Å². The van der Waals surface area contributed by atoms with E-state index >= 15 is 0 Å². The Balaban J connectivity index is 1.89. The summed E-state index contributed by atoms with van der Waals surface area (Å²) in [6.45, 7) is -0.244. The van der Waals surface area contributed by atoms with E-state index in [2.05, 4.69) is 15.5 Å². The number of hydrogen-bond donors (Lipinski definition) is 2. The Morgan fingerprint density at radius 1 is 1.53 bits per heavy atom. The van der Waals surface area contributed by atoms with E-state index in [1.165, 1.54) is 36.7 Å². The molecule has 0 saturated carbocycles. The standard InChI is InChI=1S/C11H10N4O4/c16-11(14-8-5-12-13-6-8)7-19-10-3-1-2-9(4-10)15(17)18/h1-6H,7H2,(H,12,13)(H,14,16). The van der Waals surface area contributed by atoms with Crippen molar-refractivity contribution in [3.8, 4) is 5.75 Å². The minimum atomic E-state index is -0.529. The molecule has 0 saturated heterocycles. The molecule has 2 N–H and O–H groups in total. The lowest BCUT2D eigenvalue weighted by atomic mass is 10.3. The molecular formula is C11H10N4O4. The van der Waals surface area contributed by atoms with Gasteiger partial charge in [0, 0.05) is 12.3 Å². The average Bonchev–Trinajstić information content (AvgIpc) is 2.89. The van der Waals surface area contributed by atoms with Crippen LogP contribution in [0, 0.1) is 10.1 Å². The molecule has 8 heteroatoms. The van der Waals surface area contributed by atoms with Crippen LogP contribution in [0.1, 0.15) is 0 Å². The molecule has 2 aromatic rings. The first-order chi connectivity index (χ1) is 9.15. The number of benzene rings is 1. The van der Waals surface area contributed by atoms with Crippen molar-refractivity contribution in [2.75, 3.05) is 11.9 Å². The van der Waals surface area contributed by atoms with Gasteiger partial charge in [0.15, 0.2) is 6.61 Å². The minimum absolute atomic E-state index is 0.0901. The highest BCUT2D eigenvalue weighted by molar-refractivity contribution is 5.91. The van der Waals surface area contributed by atoms with Crippen molar-refractivity contribution in [3.05, 3.63) is 46.8 Å². The fourth-order valence-electron chi connectivity index (χ4n) is 1.35. The molecule has 0 aliphatic heterocycles. The Bertz CT molecular complexity index is 582. The van der Waals surface area contributed by atoms with Gasteiger partial charge < -0.3 is 10.1 Å². The van der Waals surface area contributed by atoms with Gasteiger partial charge in [-0.05, 0) is 6.07 Å². The Hall–Kier alpha value is -2.90. The maximum atomic E-state index is 11.5. The van der Waals surface area contributed by atoms with E-state index in [0.29, 0.717) is 5.69 Å². The summed E-state index contributed by atoms with van der Waals surface area (Å²) in [7, 11) is 0. The second-order valence-electron chi connectivity index (χ2n) is 3.58. The lowest BCUT2D eigenvalue weighted by Gasteiger charge is -2.05. The average molecular weight is 262 g/mol. The van der Waals surface area contributed by atoms with E-state index in [4.69, 9.17) is 4.74 Å². The maximum Gasteiger partial charge on any atom is 0.273 e. The number of nitro groups is 1. The Morgan fingerprint density at radius 3 is 3.05 bits per heavy atom. The molecule has 0 unspecified atom stereocenters. The van der Waals surface area contributed by atoms with Gasteiger partial charge in [-0.2, -0.15) is 5.10 Å². The molecule has 1 amide bonds. The van der Waals surface area contributed by atoms with E-state index in [-0.39, 0.29) is 24.0 Å². The molecular weight excluding hydrogens is 252 g/mol. The monoisotopic (exact) mass is 262 g/mol. The summed E-state index contributed by atoms with van der Waals surface area (Å²) in [5.41, 5.74) is 0.431. The van der Waals surface area contributed by atoms with Gasteiger partial charge in [0.25, 0.3) is 11.6 Å². The van der Waals surface area contributed by atoms with Crippen LogP contribution in [0.15, 0.2) is 36.7 Å². The number of amides is 1. The molecule has 1 aromatic heterocycles. The fraction of sp³-hybridized carbons (Fsp3) is 0.0909. The third kappa shape index (κ3) is 3.53. The Labute approximate surface area is 107 Å². The molecule has 0 fully saturated rings. The van der Waals surface area contributed by atoms with Gasteiger partial charge in [-0.1, -0.05) is 6.07 Å². The van der Waals surface area contributed by atoms with E-state index < -0.39 is 4.92 Å². The van der Waals surface area contributed by atoms with Crippen LogP contribution in [0.2, 0.25) is 0 Å². The smallest absolute Gasteiger partial charge is 0.273 e. The predicted octanol–water partition coefficient (Wildman–Crippen LogP) is 1.34. The van der Waals surface area contributed by atoms with Gasteiger partial charge in [-0.25, -0.2) is 0 Å². The van der Waals surface area contributed by atoms with Crippen molar-refractivity contribution in [2.45, 2.75) is 0 Å². The van der Waals surface area contributed by atoms with Crippen molar-refractivity contribution in [3.63, 3.8) is 0 Å². The summed E-state index contributed by atoms with van der Waals surface area (Å²) in [5.74, 6) is -0.121. The van der Waals surface area contributed by atoms with Crippen LogP contribution < -0.4 is 10.1 Å². The zero-order valence-electron chi connectivity index (χ0n) is 9.70. The van der Waals surface area contributed by atoms with Crippen molar-refractivity contribution >= 4 is 17.3 Å². The first kappa shape index (κ1) is 12.6. The second-order valence-corrected chi connectivity index (χ2v) is 3.58. The highest BCUT2D eigenvalue weighted by Crippen LogP contribution is 2.18. The van der Waals surface area contributed by atoms with Crippen LogP contribution in [-0.4, -0.2) is 27.6 Å². The number of carbonyl (C=O) groups is 1. The summed E-state index contributed by atoms with van der Waals surface area (Å²) in [6, 6.07) is 5.63. The lowest BCUT2D eigenvalue weighted by molar-refractivity contribution is -0.384. The van der Waals surface area contributed by atoms with Gasteiger partial charge >= 0.3 is 0 Å². The number of hydrogen-bond acceptors (Lipinski definition) is 5. The maximum absolute atomic E-state index is 11.5. The summed E-state index contributed by atoms with van der Waals surface area (Å²) in [6.07, 6.45) is 2.97. The van der Waals surface area contributed by atoms with Crippen LogP contribution in [0.3, 0.4) is 0 Å². The predicted molar refractivity (Wildman–Crippen MR) is 65.8 cm³/mol. The van der Waals surface area contributed by atoms with E-state index in [1.807, 2.05) is 0 Å². The highest BCUT2D eigenvalue weighted by atomic mass is 16.6. The number of nitrogens with zero attached hydrogens (tertiary/aromatic N) is 2. The largest absolute Gasteiger partial charge is 0.484 e. The van der Waals surface area contributed by atoms with E-state index in [0.717, 1.165) is 0 Å². The Kier molecular flexibility index (Phi) is 3.72. The summed E-state index contributed by atoms with van der Waals surface area (Å²) in [4.78, 5) is 21.5. The third-order valence-electron chi connectivity index (χ3n) is 2.18. The zero-order chi connectivity index (χ0) is 13.7. The number of anilines is 1. The topological polar surface area (TPSA) is 110 Å². The highest BCUT2D eigenvalue weighted by Gasteiger charge is 2.08. The normalized spacial score (nSPS) is 9.89. The fourth-order valence-corrected chi connectivity index (χ4v) is 1.35. The molecule has 0 spiro atoms. The number of nitrogens with one attached hydrogen (secondary N) is 2. The molecule has 0 aliphatic carbocycles. The zero-order valence-corrected chi connectivity index (χ0v) is 9.70. The van der Waals surface area contributed by atoms with Gasteiger partial charge in [-0.15, -0.1) is 0 Å². The van der Waals surface area contributed by atoms with Gasteiger partial charge in [0.05, 0.1) is 22.9 Å². The number of aromatic amines is 1. The molecule has 8 nitrogen and oxygen atoms in total. The number of nitro benzene ring substituents is 1. The van der Waals surface area contributed by atoms with E-state index in [1.54, 1.807) is 0 Å². The number of H-pyrrole nitrogens is 1. The molecule has 98 valence electrons. The number of aromatic nitrogens is 2. The number of non-ortho nitro benzene ring substituents is 1. The molecule has 0 atom stereocenters. The van der Waals surface area contributed by atoms with Crippen LogP contribution in [0.4, 0.5) is 11.4 Å². The molecule has 2 rings (SSSR count). The van der Waals surface area contributed by atoms with Crippen LogP contribution >= 0.6 is 0 Å². The SMILES string of the molecule is O=C(COc1cccc([N+](=O)[O-])c1)Nc1cn[nH]c1. The number of carbonyl (C=O) groups excluding carboxylic acids is 1. The van der Waals surface area contributed by atoms with E-state index in [9.17, 15) is 14.9 Å². The van der Waals surface area contributed by atoms with Crippen molar-refractivity contribution in [2.24, 2.45) is 0 Å². The van der Waals surface area contributed by atoms with Crippen molar-refractivity contribution < 1.29 is 14.5 Å². The number of ether oxygens (including phenoxy) is 1. The third-order valence-corrected chi connectivity index (χ3v) is 2.18. The van der Waals surface area contributed by atoms with Gasteiger partial charge in [0.2, 0.25) is 0 Å². The van der Waals surface area contributed by atoms with Crippen LogP contribution in [0.5, 0.6) is 5.75 Å². The molecule has 1 aromatic carbocycles. The van der Waals surface area contributed by atoms with Crippen LogP contribution in [0.25, 0.3) is 0 Å². The molecule has 19 heavy (non-hydrogen) atoms. The molecule has 0 bridgehead atoms. The molecule has 0 radical (unpaired) electrons. The molecule has 1 heterocycles. The summed E-state index contributed by atoms with van der Waals surface area (Å²) in [5, 5.41) is 19.3. The lowest BCUT2D eigenvalue weighted by Crippen LogP contribution is -2.19. The summed E-state index contributed by atoms with van der Waals surface area (Å²) < 4.78 is 5.16.